The molecule has 0 atom stereocenters. The van der Waals surface area contributed by atoms with E-state index in [-0.39, 0.29) is 0 Å². The molecule has 2 heterocycles. The largest absolute Gasteiger partial charge is 0.302 e. The Morgan fingerprint density at radius 3 is 2.92 bits per heavy atom. The molecule has 0 spiro atoms. The van der Waals surface area contributed by atoms with Crippen molar-refractivity contribution >= 4 is 12.2 Å². The van der Waals surface area contributed by atoms with Crippen molar-refractivity contribution < 1.29 is 0 Å². The fourth-order valence-corrected chi connectivity index (χ4v) is 1.13. The molecular weight excluding hydrogens is 186 g/mol. The number of hydrogen-bond acceptors (Lipinski definition) is 4. The molecular formula is C7H7N5S. The molecule has 2 aromatic rings. The zero-order valence-electron chi connectivity index (χ0n) is 6.93. The lowest BCUT2D eigenvalue weighted by Gasteiger charge is -1.96. The minimum absolute atomic E-state index is 0.570. The average molecular weight is 193 g/mol. The van der Waals surface area contributed by atoms with Crippen molar-refractivity contribution in [1.82, 2.24) is 25.0 Å². The maximum Gasteiger partial charge on any atom is 0.195 e. The third-order valence-electron chi connectivity index (χ3n) is 1.68. The molecule has 0 aliphatic carbocycles. The second-order valence-corrected chi connectivity index (χ2v) is 2.91. The van der Waals surface area contributed by atoms with Crippen LogP contribution >= 0.6 is 12.2 Å². The fraction of sp³-hybridized carbons (Fsp3) is 0.143. The Labute approximate surface area is 79.4 Å². The zero-order chi connectivity index (χ0) is 9.26. The summed E-state index contributed by atoms with van der Waals surface area (Å²) in [5.41, 5.74) is 0.706. The first kappa shape index (κ1) is 8.06. The summed E-state index contributed by atoms with van der Waals surface area (Å²) >= 11 is 4.97. The topological polar surface area (TPSA) is 59.4 Å². The minimum atomic E-state index is 0.570. The minimum Gasteiger partial charge on any atom is -0.302 e. The number of aromatic amines is 1. The Hall–Kier alpha value is -1.56. The summed E-state index contributed by atoms with van der Waals surface area (Å²) in [5.74, 6) is 0.693. The molecule has 2 rings (SSSR count). The molecule has 66 valence electrons. The Balaban J connectivity index is 2.60. The first-order chi connectivity index (χ1) is 6.29. The SMILES string of the molecule is Cn1c(-c2cccnn2)n[nH]c1=S. The van der Waals surface area contributed by atoms with E-state index in [1.165, 1.54) is 0 Å². The van der Waals surface area contributed by atoms with Crippen LogP contribution in [0.4, 0.5) is 0 Å². The van der Waals surface area contributed by atoms with Crippen LogP contribution in [0, 0.1) is 4.77 Å². The molecule has 0 unspecified atom stereocenters. The van der Waals surface area contributed by atoms with Gasteiger partial charge in [-0.1, -0.05) is 0 Å². The van der Waals surface area contributed by atoms with E-state index in [0.717, 1.165) is 0 Å². The fourth-order valence-electron chi connectivity index (χ4n) is 0.997. The van der Waals surface area contributed by atoms with Crippen LogP contribution in [0.3, 0.4) is 0 Å². The van der Waals surface area contributed by atoms with Crippen molar-refractivity contribution in [2.24, 2.45) is 7.05 Å². The van der Waals surface area contributed by atoms with Crippen LogP contribution in [-0.2, 0) is 7.05 Å². The lowest BCUT2D eigenvalue weighted by Crippen LogP contribution is -1.95. The van der Waals surface area contributed by atoms with Crippen LogP contribution in [0.5, 0.6) is 0 Å². The summed E-state index contributed by atoms with van der Waals surface area (Å²) in [5, 5.41) is 14.4. The highest BCUT2D eigenvalue weighted by molar-refractivity contribution is 7.71. The molecule has 0 fully saturated rings. The standard InChI is InChI=1S/C7H7N5S/c1-12-6(10-11-7(12)13)5-3-2-4-8-9-5/h2-4H,1H3,(H,11,13). The first-order valence-electron chi connectivity index (χ1n) is 3.68. The summed E-state index contributed by atoms with van der Waals surface area (Å²) in [6, 6.07) is 3.64. The highest BCUT2D eigenvalue weighted by atomic mass is 32.1. The van der Waals surface area contributed by atoms with Gasteiger partial charge in [-0.3, -0.25) is 5.10 Å². The molecule has 0 saturated carbocycles. The molecule has 0 aromatic carbocycles. The Morgan fingerprint density at radius 1 is 1.54 bits per heavy atom. The summed E-state index contributed by atoms with van der Waals surface area (Å²) in [7, 11) is 1.83. The van der Waals surface area contributed by atoms with Gasteiger partial charge in [0.25, 0.3) is 0 Å². The van der Waals surface area contributed by atoms with Gasteiger partial charge in [0.2, 0.25) is 0 Å². The van der Waals surface area contributed by atoms with Crippen LogP contribution in [-0.4, -0.2) is 25.0 Å². The van der Waals surface area contributed by atoms with E-state index in [1.807, 2.05) is 13.1 Å². The van der Waals surface area contributed by atoms with Crippen molar-refractivity contribution in [3.05, 3.63) is 23.1 Å². The smallest absolute Gasteiger partial charge is 0.195 e. The molecule has 0 bridgehead atoms. The van der Waals surface area contributed by atoms with Gasteiger partial charge < -0.3 is 4.57 Å². The van der Waals surface area contributed by atoms with Gasteiger partial charge in [0.05, 0.1) is 0 Å². The molecule has 0 radical (unpaired) electrons. The van der Waals surface area contributed by atoms with E-state index in [1.54, 1.807) is 16.8 Å². The van der Waals surface area contributed by atoms with E-state index in [2.05, 4.69) is 20.4 Å². The Morgan fingerprint density at radius 2 is 2.38 bits per heavy atom. The van der Waals surface area contributed by atoms with E-state index < -0.39 is 0 Å². The van der Waals surface area contributed by atoms with Crippen LogP contribution in [0.25, 0.3) is 11.5 Å². The van der Waals surface area contributed by atoms with Crippen LogP contribution in [0.1, 0.15) is 0 Å². The molecule has 0 aliphatic rings. The van der Waals surface area contributed by atoms with Gasteiger partial charge in [-0.05, 0) is 24.4 Å². The monoisotopic (exact) mass is 193 g/mol. The number of nitrogens with zero attached hydrogens (tertiary/aromatic N) is 4. The predicted octanol–water partition coefficient (Wildman–Crippen LogP) is 0.935. The molecule has 6 heteroatoms. The average Bonchev–Trinajstić information content (AvgIpc) is 2.49. The first-order valence-corrected chi connectivity index (χ1v) is 4.09. The normalized spacial score (nSPS) is 10.2. The molecule has 0 amide bonds. The van der Waals surface area contributed by atoms with E-state index in [9.17, 15) is 0 Å². The van der Waals surface area contributed by atoms with Crippen molar-refractivity contribution in [1.29, 1.82) is 0 Å². The van der Waals surface area contributed by atoms with E-state index >= 15 is 0 Å². The molecule has 5 nitrogen and oxygen atoms in total. The third kappa shape index (κ3) is 1.35. The Kier molecular flexibility index (Phi) is 1.90. The zero-order valence-corrected chi connectivity index (χ0v) is 7.75. The number of hydrogen-bond donors (Lipinski definition) is 1. The second-order valence-electron chi connectivity index (χ2n) is 2.52. The van der Waals surface area contributed by atoms with Gasteiger partial charge in [0, 0.05) is 13.2 Å². The molecule has 0 saturated heterocycles. The van der Waals surface area contributed by atoms with E-state index in [4.69, 9.17) is 12.2 Å². The van der Waals surface area contributed by atoms with Gasteiger partial charge in [-0.15, -0.1) is 5.10 Å². The van der Waals surface area contributed by atoms with Gasteiger partial charge in [0.1, 0.15) is 5.69 Å². The van der Waals surface area contributed by atoms with Crippen molar-refractivity contribution in [2.75, 3.05) is 0 Å². The van der Waals surface area contributed by atoms with Crippen molar-refractivity contribution in [2.45, 2.75) is 0 Å². The lowest BCUT2D eigenvalue weighted by atomic mass is 10.4. The van der Waals surface area contributed by atoms with Gasteiger partial charge in [-0.25, -0.2) is 0 Å². The maximum atomic E-state index is 4.97. The van der Waals surface area contributed by atoms with Crippen LogP contribution < -0.4 is 0 Å². The van der Waals surface area contributed by atoms with Crippen molar-refractivity contribution in [3.63, 3.8) is 0 Å². The molecule has 1 N–H and O–H groups in total. The van der Waals surface area contributed by atoms with E-state index in [0.29, 0.717) is 16.3 Å². The number of H-pyrrole nitrogens is 1. The summed E-state index contributed by atoms with van der Waals surface area (Å²) in [6.07, 6.45) is 1.62. The van der Waals surface area contributed by atoms with Crippen molar-refractivity contribution in [3.8, 4) is 11.5 Å². The molecule has 13 heavy (non-hydrogen) atoms. The summed E-state index contributed by atoms with van der Waals surface area (Å²) < 4.78 is 2.32. The highest BCUT2D eigenvalue weighted by Crippen LogP contribution is 2.10. The lowest BCUT2D eigenvalue weighted by molar-refractivity contribution is 0.888. The van der Waals surface area contributed by atoms with Gasteiger partial charge >= 0.3 is 0 Å². The highest BCUT2D eigenvalue weighted by Gasteiger charge is 2.05. The number of aromatic nitrogens is 5. The summed E-state index contributed by atoms with van der Waals surface area (Å²) in [6.45, 7) is 0. The molecule has 2 aromatic heterocycles. The summed E-state index contributed by atoms with van der Waals surface area (Å²) in [4.78, 5) is 0. The maximum absolute atomic E-state index is 4.97. The predicted molar refractivity (Wildman–Crippen MR) is 49.4 cm³/mol. The Bertz CT molecular complexity index is 457. The quantitative estimate of drug-likeness (QED) is 0.684. The van der Waals surface area contributed by atoms with Gasteiger partial charge in [0.15, 0.2) is 10.6 Å². The van der Waals surface area contributed by atoms with Crippen LogP contribution in [0.2, 0.25) is 0 Å². The molecule has 0 aliphatic heterocycles. The third-order valence-corrected chi connectivity index (χ3v) is 2.05. The number of rotatable bonds is 1. The van der Waals surface area contributed by atoms with Gasteiger partial charge in [-0.2, -0.15) is 10.2 Å². The number of nitrogens with one attached hydrogen (secondary N) is 1. The second kappa shape index (κ2) is 3.06. The van der Waals surface area contributed by atoms with Crippen LogP contribution in [0.15, 0.2) is 18.3 Å².